The number of aliphatic imine (C=N–C) groups is 1. The number of H-pyrrole nitrogens is 1. The molecule has 2 aromatic rings. The molecule has 3 heterocycles. The third kappa shape index (κ3) is 27.6. The lowest BCUT2D eigenvalue weighted by molar-refractivity contribution is -0.143. The van der Waals surface area contributed by atoms with Crippen molar-refractivity contribution in [1.82, 2.24) is 68.5 Å². The SMILES string of the molecule is CCC(C)C(N)C1=NCC(C(=O)NC(CC(C)C)C(=O)NC(CCC(=O)O)C(=O)NC(C(=O)N[C@H]2CCCCNC(=O)C(CC(=O)O)NC(=O)[C@@H](CC(=O)O)NC(=O)[C@H](Cc3cnc[nH]3)NC(=O)[C@@H](Cc3ccccc3)NC(=O)[C@H]([C@H](C)CC)NC(=O)[C@@H](CCCN)NC2=O)C(C)CC)S1. The van der Waals surface area contributed by atoms with Crippen LogP contribution in [0.3, 0.4) is 0 Å². The molecule has 0 radical (unpaired) electrons. The number of nitrogens with two attached hydrogens (primary N) is 2. The van der Waals surface area contributed by atoms with E-state index in [1.54, 1.807) is 58.0 Å². The molecule has 554 valence electrons. The van der Waals surface area contributed by atoms with Crippen molar-refractivity contribution in [3.05, 3.63) is 54.1 Å². The number of aliphatic carboxylic acids is 3. The van der Waals surface area contributed by atoms with E-state index in [0.29, 0.717) is 10.6 Å². The van der Waals surface area contributed by atoms with Gasteiger partial charge in [0.15, 0.2) is 0 Å². The molecule has 0 saturated carbocycles. The van der Waals surface area contributed by atoms with Crippen LogP contribution in [0, 0.1) is 23.7 Å². The monoisotopic (exact) mass is 1420 g/mol. The third-order valence-corrected chi connectivity index (χ3v) is 18.7. The van der Waals surface area contributed by atoms with Crippen LogP contribution in [0.25, 0.3) is 0 Å². The molecule has 4 rings (SSSR count). The zero-order chi connectivity index (χ0) is 74.3. The number of carboxylic acids is 3. The molecule has 1 saturated heterocycles. The van der Waals surface area contributed by atoms with Gasteiger partial charge in [0.05, 0.1) is 36.8 Å². The summed E-state index contributed by atoms with van der Waals surface area (Å²) in [6, 6.07) is -7.74. The van der Waals surface area contributed by atoms with Crippen molar-refractivity contribution in [2.24, 2.45) is 40.1 Å². The van der Waals surface area contributed by atoms with Crippen molar-refractivity contribution in [2.75, 3.05) is 19.6 Å². The quantitative estimate of drug-likeness (QED) is 0.0427. The highest BCUT2D eigenvalue weighted by Gasteiger charge is 2.40. The molecule has 8 unspecified atom stereocenters. The molecule has 1 aromatic heterocycles. The lowest BCUT2D eigenvalue weighted by Gasteiger charge is -2.30. The number of carbonyl (C=O) groups is 14. The smallest absolute Gasteiger partial charge is 0.305 e. The molecule has 0 bridgehead atoms. The van der Waals surface area contributed by atoms with Crippen LogP contribution in [0.1, 0.15) is 150 Å². The Balaban J connectivity index is 1.76. The predicted octanol–water partition coefficient (Wildman–Crippen LogP) is -1.08. The van der Waals surface area contributed by atoms with E-state index in [4.69, 9.17) is 11.5 Å². The Hall–Kier alpha value is -9.05. The summed E-state index contributed by atoms with van der Waals surface area (Å²) < 4.78 is 0. The van der Waals surface area contributed by atoms with Gasteiger partial charge < -0.3 is 90.3 Å². The standard InChI is InChI=1S/C66H102N16O17S/c1-9-35(6)52(68)66-71-32-48(100-66)63(97)79-43(26-34(4)5)59(93)74-42(22-23-49(83)84)58(92)82-53(36(7)10-2)64(98)75-40-20-15-16-25-70-55(89)46(29-50(85)86)77-62(96)47(30-51(87)88)78-61(95)45(28-39-31-69-33-72-39)76-60(94)44(27-38-18-13-12-14-19-38)80-65(99)54(37(8)11-3)81-57(91)41(21-17-24-67)73-56(40)90/h12-14,18-19,31,33-37,40-48,52-54H,9-11,15-17,20-30,32,67-68H2,1-8H3,(H,69,72)(H,70,89)(H,73,90)(H,74,93)(H,75,98)(H,76,94)(H,77,96)(H,78,95)(H,79,97)(H,80,99)(H,81,91)(H,82,92)(H,83,84)(H,85,86)(H,87,88)/t35?,36?,37-,40+,41-,42?,43?,44-,45+,46?,47-,48?,52?,53?,54+/m1/s1. The van der Waals surface area contributed by atoms with Gasteiger partial charge in [0, 0.05) is 37.7 Å². The molecule has 100 heavy (non-hydrogen) atoms. The highest BCUT2D eigenvalue weighted by Crippen LogP contribution is 2.27. The van der Waals surface area contributed by atoms with Gasteiger partial charge in [-0.05, 0) is 80.7 Å². The second kappa shape index (κ2) is 42.1. The first-order valence-corrected chi connectivity index (χ1v) is 34.9. The second-order valence-corrected chi connectivity index (χ2v) is 27.1. The number of hydrogen-bond acceptors (Lipinski definition) is 19. The zero-order valence-electron chi connectivity index (χ0n) is 58.0. The van der Waals surface area contributed by atoms with Gasteiger partial charge in [-0.2, -0.15) is 0 Å². The van der Waals surface area contributed by atoms with Crippen LogP contribution >= 0.6 is 11.8 Å². The fourth-order valence-corrected chi connectivity index (χ4v) is 12.0. The Bertz CT molecular complexity index is 3160. The van der Waals surface area contributed by atoms with E-state index in [2.05, 4.69) is 73.4 Å². The number of rotatable bonds is 31. The van der Waals surface area contributed by atoms with E-state index in [9.17, 15) is 82.4 Å². The molecule has 2 aliphatic heterocycles. The van der Waals surface area contributed by atoms with E-state index in [1.165, 1.54) is 24.3 Å². The first-order valence-electron chi connectivity index (χ1n) is 34.0. The van der Waals surface area contributed by atoms with Gasteiger partial charge >= 0.3 is 17.9 Å². The highest BCUT2D eigenvalue weighted by molar-refractivity contribution is 8.15. The van der Waals surface area contributed by atoms with Crippen molar-refractivity contribution in [3.8, 4) is 0 Å². The number of aromatic amines is 1. The Morgan fingerprint density at radius 3 is 1.80 bits per heavy atom. The van der Waals surface area contributed by atoms with Crippen LogP contribution in [0.15, 0.2) is 47.8 Å². The maximum absolute atomic E-state index is 14.9. The van der Waals surface area contributed by atoms with E-state index in [-0.39, 0.29) is 101 Å². The zero-order valence-corrected chi connectivity index (χ0v) is 58.8. The van der Waals surface area contributed by atoms with E-state index in [1.807, 2.05) is 27.7 Å². The van der Waals surface area contributed by atoms with Gasteiger partial charge in [-0.3, -0.25) is 72.1 Å². The maximum Gasteiger partial charge on any atom is 0.305 e. The summed E-state index contributed by atoms with van der Waals surface area (Å²) >= 11 is 1.20. The Kier molecular flexibility index (Phi) is 35.1. The van der Waals surface area contributed by atoms with Crippen molar-refractivity contribution in [2.45, 2.75) is 223 Å². The first-order chi connectivity index (χ1) is 47.4. The largest absolute Gasteiger partial charge is 0.481 e. The number of aromatic nitrogens is 2. The minimum atomic E-state index is -1.98. The van der Waals surface area contributed by atoms with Crippen molar-refractivity contribution >= 4 is 99.7 Å². The average molecular weight is 1420 g/mol. The Morgan fingerprint density at radius 2 is 1.22 bits per heavy atom. The van der Waals surface area contributed by atoms with Crippen LogP contribution in [-0.4, -0.2) is 205 Å². The van der Waals surface area contributed by atoms with Crippen LogP contribution in [0.5, 0.6) is 0 Å². The van der Waals surface area contributed by atoms with Crippen molar-refractivity contribution in [3.63, 3.8) is 0 Å². The van der Waals surface area contributed by atoms with Gasteiger partial charge in [-0.25, -0.2) is 4.98 Å². The van der Waals surface area contributed by atoms with Gasteiger partial charge in [-0.15, -0.1) is 0 Å². The number of thioether (sulfide) groups is 1. The van der Waals surface area contributed by atoms with E-state index >= 15 is 0 Å². The van der Waals surface area contributed by atoms with Crippen molar-refractivity contribution in [1.29, 1.82) is 0 Å². The molecule has 2 aliphatic rings. The summed E-state index contributed by atoms with van der Waals surface area (Å²) in [7, 11) is 0. The predicted molar refractivity (Wildman–Crippen MR) is 368 cm³/mol. The first kappa shape index (κ1) is 83.4. The lowest BCUT2D eigenvalue weighted by Crippen LogP contribution is -2.62. The molecule has 15 atom stereocenters. The van der Waals surface area contributed by atoms with Crippen LogP contribution < -0.4 is 70.0 Å². The van der Waals surface area contributed by atoms with Gasteiger partial charge in [0.25, 0.3) is 0 Å². The number of amides is 11. The summed E-state index contributed by atoms with van der Waals surface area (Å²) in [6.07, 6.45) is -0.0419. The summed E-state index contributed by atoms with van der Waals surface area (Å²) in [5.41, 5.74) is 13.2. The summed E-state index contributed by atoms with van der Waals surface area (Å²) in [5.74, 6) is -16.4. The summed E-state index contributed by atoms with van der Waals surface area (Å²) in [4.78, 5) is 206. The topological polar surface area (TPSA) is 525 Å². The normalized spacial score (nSPS) is 23.1. The molecule has 34 heteroatoms. The number of imidazole rings is 1. The number of benzene rings is 1. The van der Waals surface area contributed by atoms with Gasteiger partial charge in [0.2, 0.25) is 65.0 Å². The number of carbonyl (C=O) groups excluding carboxylic acids is 11. The number of carboxylic acid groups (broad SMARTS) is 3. The average Bonchev–Trinajstić information content (AvgIpc) is 1.28. The fraction of sp³-hybridized carbons (Fsp3) is 0.636. The summed E-state index contributed by atoms with van der Waals surface area (Å²) in [6.45, 7) is 14.1. The van der Waals surface area contributed by atoms with Gasteiger partial charge in [-0.1, -0.05) is 117 Å². The maximum atomic E-state index is 14.9. The number of nitrogens with zero attached hydrogens (tertiary/aromatic N) is 2. The second-order valence-electron chi connectivity index (χ2n) is 25.9. The van der Waals surface area contributed by atoms with Crippen LogP contribution in [0.2, 0.25) is 0 Å². The Labute approximate surface area is 585 Å². The highest BCUT2D eigenvalue weighted by atomic mass is 32.2. The van der Waals surface area contributed by atoms with Crippen molar-refractivity contribution < 1.29 is 82.4 Å². The molecule has 11 amide bonds. The molecule has 0 spiro atoms. The molecule has 1 aromatic carbocycles. The Morgan fingerprint density at radius 1 is 0.640 bits per heavy atom. The molecule has 19 N–H and O–H groups in total. The minimum absolute atomic E-state index is 0.0102. The summed E-state index contributed by atoms with van der Waals surface area (Å²) in [5, 5.41) is 58.0. The van der Waals surface area contributed by atoms with Crippen LogP contribution in [-0.2, 0) is 80.0 Å². The van der Waals surface area contributed by atoms with Gasteiger partial charge in [0.1, 0.15) is 65.7 Å². The lowest BCUT2D eigenvalue weighted by atomic mass is 9.96. The molecule has 1 fully saturated rings. The number of nitrogens with one attached hydrogen (secondary N) is 12. The number of hydrogen-bond donors (Lipinski definition) is 17. The minimum Gasteiger partial charge on any atom is -0.481 e. The molecular weight excluding hydrogens is 1320 g/mol. The molecule has 0 aliphatic carbocycles. The van der Waals surface area contributed by atoms with E-state index in [0.717, 1.165) is 6.42 Å². The van der Waals surface area contributed by atoms with E-state index < -0.39 is 192 Å². The third-order valence-electron chi connectivity index (χ3n) is 17.4. The molecule has 33 nitrogen and oxygen atoms in total. The van der Waals surface area contributed by atoms with Crippen LogP contribution in [0.4, 0.5) is 0 Å². The molecular formula is C66H102N16O17S. The fourth-order valence-electron chi connectivity index (χ4n) is 10.8.